The molecule has 2 aromatic heterocycles. The maximum absolute atomic E-state index is 13.6. The molecule has 7 nitrogen and oxygen atoms in total. The standard InChI is InChI=1S/C23H21ClN6O/c1-13-6-3-4-9-17(13)30-16(10-15-8-5-7-14(2)18(15)23(30)31)11-27-22-19(20(24)25)21(26)28-12-29-22/h3-10,12,25H,11H2,1-2H3,(H3,26,27,28,29). The minimum atomic E-state index is -0.258. The number of nitrogens with two attached hydrogens (primary N) is 1. The quantitative estimate of drug-likeness (QED) is 0.410. The molecule has 0 radical (unpaired) electrons. The van der Waals surface area contributed by atoms with Crippen molar-refractivity contribution in [2.24, 2.45) is 0 Å². The molecule has 0 amide bonds. The number of aromatic nitrogens is 3. The Morgan fingerprint density at radius 2 is 1.87 bits per heavy atom. The van der Waals surface area contributed by atoms with Crippen molar-refractivity contribution in [2.75, 3.05) is 11.1 Å². The first-order chi connectivity index (χ1) is 14.9. The van der Waals surface area contributed by atoms with Crippen LogP contribution in [0, 0.1) is 19.3 Å². The summed E-state index contributed by atoms with van der Waals surface area (Å²) in [7, 11) is 0. The lowest BCUT2D eigenvalue weighted by Crippen LogP contribution is -2.25. The summed E-state index contributed by atoms with van der Waals surface area (Å²) in [5.74, 6) is 0.448. The highest BCUT2D eigenvalue weighted by Gasteiger charge is 2.16. The molecule has 0 aliphatic carbocycles. The van der Waals surface area contributed by atoms with Crippen LogP contribution < -0.4 is 16.6 Å². The number of halogens is 1. The van der Waals surface area contributed by atoms with Crippen molar-refractivity contribution in [3.8, 4) is 5.69 Å². The number of benzene rings is 2. The molecule has 4 rings (SSSR count). The summed E-state index contributed by atoms with van der Waals surface area (Å²) in [4.78, 5) is 21.7. The third-order valence-corrected chi connectivity index (χ3v) is 5.41. The number of hydrogen-bond donors (Lipinski definition) is 3. The van der Waals surface area contributed by atoms with Gasteiger partial charge in [0, 0.05) is 5.69 Å². The molecule has 0 bridgehead atoms. The van der Waals surface area contributed by atoms with Crippen molar-refractivity contribution in [1.29, 1.82) is 5.41 Å². The molecule has 0 aliphatic heterocycles. The van der Waals surface area contributed by atoms with Crippen LogP contribution in [0.5, 0.6) is 0 Å². The number of para-hydroxylation sites is 1. The van der Waals surface area contributed by atoms with Crippen LogP contribution in [0.3, 0.4) is 0 Å². The fourth-order valence-electron chi connectivity index (χ4n) is 3.72. The number of nitrogen functional groups attached to an aromatic ring is 1. The molecular formula is C23H21ClN6O. The van der Waals surface area contributed by atoms with E-state index in [2.05, 4.69) is 15.3 Å². The topological polar surface area (TPSA) is 110 Å². The predicted octanol–water partition coefficient (Wildman–Crippen LogP) is 4.16. The summed E-state index contributed by atoms with van der Waals surface area (Å²) < 4.78 is 1.72. The highest BCUT2D eigenvalue weighted by atomic mass is 35.5. The van der Waals surface area contributed by atoms with Crippen molar-refractivity contribution in [1.82, 2.24) is 14.5 Å². The Bertz CT molecular complexity index is 1380. The van der Waals surface area contributed by atoms with E-state index in [1.807, 2.05) is 62.4 Å². The third-order valence-electron chi connectivity index (χ3n) is 5.22. The lowest BCUT2D eigenvalue weighted by molar-refractivity contribution is 0.883. The zero-order valence-electron chi connectivity index (χ0n) is 17.1. The lowest BCUT2D eigenvalue weighted by atomic mass is 10.1. The van der Waals surface area contributed by atoms with Crippen molar-refractivity contribution in [3.63, 3.8) is 0 Å². The molecule has 4 aromatic rings. The zero-order chi connectivity index (χ0) is 22.1. The Kier molecular flexibility index (Phi) is 5.44. The SMILES string of the molecule is Cc1ccccc1-n1c(CNc2ncnc(N)c2C(=N)Cl)cc2cccc(C)c2c1=O. The Hall–Kier alpha value is -3.71. The van der Waals surface area contributed by atoms with Gasteiger partial charge in [-0.25, -0.2) is 9.97 Å². The summed E-state index contributed by atoms with van der Waals surface area (Å²) in [5, 5.41) is 12.2. The Morgan fingerprint density at radius 3 is 2.61 bits per heavy atom. The van der Waals surface area contributed by atoms with Gasteiger partial charge in [0.15, 0.2) is 0 Å². The second kappa shape index (κ2) is 8.20. The second-order valence-electron chi connectivity index (χ2n) is 7.25. The molecule has 0 spiro atoms. The first kappa shape index (κ1) is 20.6. The van der Waals surface area contributed by atoms with Gasteiger partial charge in [-0.15, -0.1) is 0 Å². The fourth-order valence-corrected chi connectivity index (χ4v) is 3.91. The summed E-state index contributed by atoms with van der Waals surface area (Å²) in [6, 6.07) is 15.5. The van der Waals surface area contributed by atoms with E-state index < -0.39 is 0 Å². The average molecular weight is 433 g/mol. The van der Waals surface area contributed by atoms with Gasteiger partial charge >= 0.3 is 0 Å². The summed E-state index contributed by atoms with van der Waals surface area (Å²) in [6.45, 7) is 4.17. The normalized spacial score (nSPS) is 10.9. The Labute approximate surface area is 184 Å². The highest BCUT2D eigenvalue weighted by Crippen LogP contribution is 2.23. The van der Waals surface area contributed by atoms with E-state index in [0.29, 0.717) is 11.2 Å². The Balaban J connectivity index is 1.90. The average Bonchev–Trinajstić information content (AvgIpc) is 2.73. The second-order valence-corrected chi connectivity index (χ2v) is 7.63. The van der Waals surface area contributed by atoms with Gasteiger partial charge < -0.3 is 11.1 Å². The number of nitrogens with one attached hydrogen (secondary N) is 2. The molecule has 156 valence electrons. The van der Waals surface area contributed by atoms with Crippen molar-refractivity contribution in [3.05, 3.63) is 87.6 Å². The molecule has 0 atom stereocenters. The highest BCUT2D eigenvalue weighted by molar-refractivity contribution is 6.69. The van der Waals surface area contributed by atoms with Crippen molar-refractivity contribution in [2.45, 2.75) is 20.4 Å². The maximum atomic E-state index is 13.6. The van der Waals surface area contributed by atoms with Gasteiger partial charge in [0.2, 0.25) is 0 Å². The van der Waals surface area contributed by atoms with Gasteiger partial charge in [-0.3, -0.25) is 14.8 Å². The molecule has 8 heteroatoms. The van der Waals surface area contributed by atoms with Crippen LogP contribution in [-0.2, 0) is 6.54 Å². The molecule has 2 aromatic carbocycles. The number of pyridine rings is 1. The predicted molar refractivity (Wildman–Crippen MR) is 125 cm³/mol. The molecule has 31 heavy (non-hydrogen) atoms. The molecule has 0 saturated heterocycles. The first-order valence-electron chi connectivity index (χ1n) is 9.67. The van der Waals surface area contributed by atoms with Crippen LogP contribution >= 0.6 is 11.6 Å². The van der Waals surface area contributed by atoms with E-state index in [9.17, 15) is 4.79 Å². The van der Waals surface area contributed by atoms with E-state index in [1.165, 1.54) is 6.33 Å². The number of fused-ring (bicyclic) bond motifs is 1. The van der Waals surface area contributed by atoms with Crippen LogP contribution in [0.2, 0.25) is 0 Å². The number of aryl methyl sites for hydroxylation is 2. The van der Waals surface area contributed by atoms with Gasteiger partial charge in [0.05, 0.1) is 23.2 Å². The van der Waals surface area contributed by atoms with E-state index >= 15 is 0 Å². The monoisotopic (exact) mass is 432 g/mol. The fraction of sp³-hybridized carbons (Fsp3) is 0.130. The summed E-state index contributed by atoms with van der Waals surface area (Å²) in [6.07, 6.45) is 1.30. The molecular weight excluding hydrogens is 412 g/mol. The van der Waals surface area contributed by atoms with Gasteiger partial charge in [-0.2, -0.15) is 0 Å². The van der Waals surface area contributed by atoms with Crippen LogP contribution in [-0.4, -0.2) is 19.7 Å². The summed E-state index contributed by atoms with van der Waals surface area (Å²) >= 11 is 5.89. The number of anilines is 2. The maximum Gasteiger partial charge on any atom is 0.263 e. The number of nitrogens with zero attached hydrogens (tertiary/aromatic N) is 3. The van der Waals surface area contributed by atoms with Gasteiger partial charge in [-0.05, 0) is 42.5 Å². The minimum absolute atomic E-state index is 0.0887. The number of rotatable bonds is 5. The van der Waals surface area contributed by atoms with Crippen LogP contribution in [0.4, 0.5) is 11.6 Å². The van der Waals surface area contributed by atoms with E-state index in [1.54, 1.807) is 4.57 Å². The molecule has 0 unspecified atom stereocenters. The first-order valence-corrected chi connectivity index (χ1v) is 10.1. The third kappa shape index (κ3) is 3.75. The van der Waals surface area contributed by atoms with Crippen LogP contribution in [0.1, 0.15) is 22.4 Å². The molecule has 0 fully saturated rings. The molecule has 2 heterocycles. The lowest BCUT2D eigenvalue weighted by Gasteiger charge is -2.18. The Morgan fingerprint density at radius 1 is 1.13 bits per heavy atom. The van der Waals surface area contributed by atoms with Gasteiger partial charge in [-0.1, -0.05) is 48.0 Å². The molecule has 0 saturated carbocycles. The van der Waals surface area contributed by atoms with E-state index in [-0.39, 0.29) is 28.7 Å². The van der Waals surface area contributed by atoms with Gasteiger partial charge in [0.1, 0.15) is 23.1 Å². The van der Waals surface area contributed by atoms with E-state index in [4.69, 9.17) is 22.7 Å². The van der Waals surface area contributed by atoms with Gasteiger partial charge in [0.25, 0.3) is 5.56 Å². The zero-order valence-corrected chi connectivity index (χ0v) is 17.9. The minimum Gasteiger partial charge on any atom is -0.383 e. The smallest absolute Gasteiger partial charge is 0.263 e. The molecule has 0 aliphatic rings. The van der Waals surface area contributed by atoms with E-state index in [0.717, 1.165) is 27.9 Å². The van der Waals surface area contributed by atoms with Crippen molar-refractivity contribution >= 4 is 39.2 Å². The van der Waals surface area contributed by atoms with Crippen molar-refractivity contribution < 1.29 is 0 Å². The largest absolute Gasteiger partial charge is 0.383 e. The molecule has 4 N–H and O–H groups in total. The van der Waals surface area contributed by atoms with Crippen LogP contribution in [0.15, 0.2) is 59.7 Å². The number of hydrogen-bond acceptors (Lipinski definition) is 6. The summed E-state index contributed by atoms with van der Waals surface area (Å²) in [5.41, 5.74) is 9.46. The van der Waals surface area contributed by atoms with Crippen LogP contribution in [0.25, 0.3) is 16.5 Å².